The average Bonchev–Trinajstić information content (AvgIpc) is 3.30. The zero-order valence-electron chi connectivity index (χ0n) is 26.6. The summed E-state index contributed by atoms with van der Waals surface area (Å²) in [5.74, 6) is 1.82. The Kier molecular flexibility index (Phi) is 9.54. The maximum Gasteiger partial charge on any atom is 0.573 e. The van der Waals surface area contributed by atoms with Crippen LogP contribution in [0.15, 0.2) is 29.2 Å². The van der Waals surface area contributed by atoms with Crippen LogP contribution in [0.5, 0.6) is 5.75 Å². The van der Waals surface area contributed by atoms with Crippen LogP contribution < -0.4 is 14.8 Å². The van der Waals surface area contributed by atoms with Crippen molar-refractivity contribution in [1.29, 1.82) is 0 Å². The molecule has 12 heteroatoms. The van der Waals surface area contributed by atoms with Crippen LogP contribution >= 0.6 is 0 Å². The van der Waals surface area contributed by atoms with Crippen molar-refractivity contribution in [3.63, 3.8) is 0 Å². The second-order valence-electron chi connectivity index (χ2n) is 14.8. The number of benzene rings is 1. The first-order chi connectivity index (χ1) is 21.0. The van der Waals surface area contributed by atoms with E-state index in [9.17, 15) is 36.6 Å². The lowest BCUT2D eigenvalue weighted by Gasteiger charge is -2.64. The van der Waals surface area contributed by atoms with E-state index >= 15 is 0 Å². The van der Waals surface area contributed by atoms with Crippen LogP contribution in [0.4, 0.5) is 18.0 Å². The molecule has 6 unspecified atom stereocenters. The first kappa shape index (κ1) is 34.3. The standard InChI is InChI=1S/C33H49F3N2O6S/c1-5-23-27-18-20(39)12-15-32(27,4)26-13-16-31(3)24(10-11-25(31)28(26)29(23)40)19(2)14-17-37-30(41)38-45(42,43)22-8-6-21(7-9-22)44-33(34,35)36/h6-9,19-20,23-29,39-40H,5,10-18H2,1-4H3,(H2,37,38,41)/t19-,20-,23-,24?,25+,26?,27?,28?,29-,31?,32?/m1/s1. The van der Waals surface area contributed by atoms with Gasteiger partial charge in [-0.3, -0.25) is 0 Å². The highest BCUT2D eigenvalue weighted by molar-refractivity contribution is 7.90. The topological polar surface area (TPSA) is 125 Å². The summed E-state index contributed by atoms with van der Waals surface area (Å²) < 4.78 is 68.0. The lowest BCUT2D eigenvalue weighted by Crippen LogP contribution is -2.62. The molecule has 4 fully saturated rings. The van der Waals surface area contributed by atoms with Crippen LogP contribution in [0.1, 0.15) is 85.5 Å². The smallest absolute Gasteiger partial charge is 0.406 e. The van der Waals surface area contributed by atoms with Gasteiger partial charge in [-0.25, -0.2) is 17.9 Å². The van der Waals surface area contributed by atoms with Crippen molar-refractivity contribution in [3.05, 3.63) is 24.3 Å². The number of halogens is 3. The number of carbonyl (C=O) groups is 1. The van der Waals surface area contributed by atoms with Gasteiger partial charge in [-0.05, 0) is 128 Å². The number of aliphatic hydroxyl groups excluding tert-OH is 2. The molecule has 2 amide bonds. The molecule has 4 aliphatic carbocycles. The Morgan fingerprint density at radius 2 is 1.67 bits per heavy atom. The molecular weight excluding hydrogens is 609 g/mol. The first-order valence-electron chi connectivity index (χ1n) is 16.5. The minimum absolute atomic E-state index is 0.0742. The molecule has 4 saturated carbocycles. The number of hydrogen-bond acceptors (Lipinski definition) is 6. The molecule has 0 saturated heterocycles. The molecule has 4 aliphatic rings. The summed E-state index contributed by atoms with van der Waals surface area (Å²) in [5, 5.41) is 25.0. The van der Waals surface area contributed by atoms with E-state index < -0.39 is 28.2 Å². The van der Waals surface area contributed by atoms with Crippen molar-refractivity contribution in [2.75, 3.05) is 6.54 Å². The number of amides is 2. The molecular formula is C33H49F3N2O6S. The predicted molar refractivity (Wildman–Crippen MR) is 162 cm³/mol. The number of sulfonamides is 1. The van der Waals surface area contributed by atoms with Gasteiger partial charge in [0.2, 0.25) is 0 Å². The van der Waals surface area contributed by atoms with E-state index in [0.717, 1.165) is 75.6 Å². The van der Waals surface area contributed by atoms with Crippen molar-refractivity contribution >= 4 is 16.1 Å². The number of ether oxygens (including phenoxy) is 1. The number of alkyl halides is 3. The van der Waals surface area contributed by atoms with E-state index in [1.165, 1.54) is 0 Å². The fourth-order valence-electron chi connectivity index (χ4n) is 10.6. The van der Waals surface area contributed by atoms with Gasteiger partial charge in [0.1, 0.15) is 5.75 Å². The molecule has 0 radical (unpaired) electrons. The zero-order chi connectivity index (χ0) is 32.9. The first-order valence-corrected chi connectivity index (χ1v) is 18.0. The van der Waals surface area contributed by atoms with Gasteiger partial charge in [0.05, 0.1) is 17.1 Å². The third-order valence-electron chi connectivity index (χ3n) is 12.6. The molecule has 0 bridgehead atoms. The van der Waals surface area contributed by atoms with Gasteiger partial charge in [0.15, 0.2) is 0 Å². The lowest BCUT2D eigenvalue weighted by atomic mass is 9.41. The van der Waals surface area contributed by atoms with Crippen molar-refractivity contribution in [2.24, 2.45) is 52.3 Å². The van der Waals surface area contributed by atoms with Crippen molar-refractivity contribution in [3.8, 4) is 5.75 Å². The summed E-state index contributed by atoms with van der Waals surface area (Å²) in [6.07, 6.45) is 3.02. The highest BCUT2D eigenvalue weighted by Crippen LogP contribution is 2.69. The summed E-state index contributed by atoms with van der Waals surface area (Å²) in [6.45, 7) is 9.47. The SMILES string of the molecule is CC[C@@H]1C2C[C@H](O)CCC2(C)C2CCC3(C)C([C@H](C)CCNC(=O)NS(=O)(=O)c4ccc(OC(F)(F)F)cc4)CC[C@H]3C2[C@@H]1O. The molecule has 1 aromatic rings. The molecule has 45 heavy (non-hydrogen) atoms. The fraction of sp³-hybridized carbons (Fsp3) is 0.788. The van der Waals surface area contributed by atoms with E-state index in [4.69, 9.17) is 0 Å². The van der Waals surface area contributed by atoms with Crippen LogP contribution in [0, 0.1) is 52.3 Å². The molecule has 8 nitrogen and oxygen atoms in total. The summed E-state index contributed by atoms with van der Waals surface area (Å²) in [5.41, 5.74) is 0.218. The van der Waals surface area contributed by atoms with E-state index in [1.807, 2.05) is 4.72 Å². The average molecular weight is 659 g/mol. The Labute approximate surface area is 264 Å². The van der Waals surface area contributed by atoms with Crippen molar-refractivity contribution < 1.29 is 41.3 Å². The molecule has 254 valence electrons. The summed E-state index contributed by atoms with van der Waals surface area (Å²) in [4.78, 5) is 12.1. The minimum Gasteiger partial charge on any atom is -0.406 e. The van der Waals surface area contributed by atoms with E-state index in [2.05, 4.69) is 37.7 Å². The van der Waals surface area contributed by atoms with Gasteiger partial charge >= 0.3 is 12.4 Å². The van der Waals surface area contributed by atoms with Gasteiger partial charge in [0, 0.05) is 6.54 Å². The lowest BCUT2D eigenvalue weighted by molar-refractivity contribution is -0.274. The highest BCUT2D eigenvalue weighted by atomic mass is 32.2. The van der Waals surface area contributed by atoms with Crippen LogP contribution in [0.2, 0.25) is 0 Å². The van der Waals surface area contributed by atoms with Crippen LogP contribution in [-0.4, -0.2) is 49.8 Å². The van der Waals surface area contributed by atoms with Gasteiger partial charge in [-0.1, -0.05) is 34.1 Å². The summed E-state index contributed by atoms with van der Waals surface area (Å²) in [7, 11) is -4.29. The van der Waals surface area contributed by atoms with Gasteiger partial charge in [-0.15, -0.1) is 13.2 Å². The molecule has 1 aromatic carbocycles. The third kappa shape index (κ3) is 6.57. The Hall–Kier alpha value is -2.05. The minimum atomic E-state index is -4.90. The Bertz CT molecular complexity index is 1330. The van der Waals surface area contributed by atoms with Crippen molar-refractivity contribution in [1.82, 2.24) is 10.0 Å². The van der Waals surface area contributed by atoms with Gasteiger partial charge < -0.3 is 20.3 Å². The number of fused-ring (bicyclic) bond motifs is 5. The molecule has 0 spiro atoms. The van der Waals surface area contributed by atoms with Gasteiger partial charge in [0.25, 0.3) is 10.0 Å². The summed E-state index contributed by atoms with van der Waals surface area (Å²) >= 11 is 0. The monoisotopic (exact) mass is 658 g/mol. The largest absolute Gasteiger partial charge is 0.573 e. The molecule has 11 atom stereocenters. The maximum absolute atomic E-state index is 12.6. The highest BCUT2D eigenvalue weighted by Gasteiger charge is 2.64. The number of urea groups is 1. The quantitative estimate of drug-likeness (QED) is 0.263. The van der Waals surface area contributed by atoms with Crippen molar-refractivity contribution in [2.45, 2.75) is 109 Å². The maximum atomic E-state index is 12.6. The molecule has 4 N–H and O–H groups in total. The third-order valence-corrected chi connectivity index (χ3v) is 14.0. The Balaban J connectivity index is 1.18. The Morgan fingerprint density at radius 3 is 2.31 bits per heavy atom. The molecule has 5 rings (SSSR count). The fourth-order valence-corrected chi connectivity index (χ4v) is 11.5. The zero-order valence-corrected chi connectivity index (χ0v) is 27.5. The van der Waals surface area contributed by atoms with Crippen LogP contribution in [0.25, 0.3) is 0 Å². The van der Waals surface area contributed by atoms with E-state index in [0.29, 0.717) is 30.1 Å². The van der Waals surface area contributed by atoms with E-state index in [1.54, 1.807) is 0 Å². The molecule has 0 aliphatic heterocycles. The van der Waals surface area contributed by atoms with Crippen LogP contribution in [-0.2, 0) is 10.0 Å². The molecule has 0 aromatic heterocycles. The Morgan fingerprint density at radius 1 is 1.02 bits per heavy atom. The van der Waals surface area contributed by atoms with Gasteiger partial charge in [-0.2, -0.15) is 0 Å². The number of carbonyl (C=O) groups excluding carboxylic acids is 1. The number of hydrogen-bond donors (Lipinski definition) is 4. The second kappa shape index (κ2) is 12.5. The van der Waals surface area contributed by atoms with E-state index in [-0.39, 0.29) is 52.2 Å². The number of nitrogens with one attached hydrogen (secondary N) is 2. The predicted octanol–water partition coefficient (Wildman–Crippen LogP) is 6.23. The molecule has 0 heterocycles. The normalized spacial score (nSPS) is 38.8. The number of aliphatic hydroxyl groups is 2. The van der Waals surface area contributed by atoms with Crippen LogP contribution in [0.3, 0.4) is 0 Å². The number of rotatable bonds is 8. The second-order valence-corrected chi connectivity index (χ2v) is 16.5. The summed E-state index contributed by atoms with van der Waals surface area (Å²) in [6, 6.07) is 2.73.